The van der Waals surface area contributed by atoms with Gasteiger partial charge in [-0.05, 0) is 33.3 Å². The Morgan fingerprint density at radius 2 is 2.05 bits per heavy atom. The quantitative estimate of drug-likeness (QED) is 0.924. The maximum atomic E-state index is 6.41. The fourth-order valence-electron chi connectivity index (χ4n) is 2.14. The molecule has 0 unspecified atom stereocenters. The normalized spacial score (nSPS) is 12.1. The highest BCUT2D eigenvalue weighted by Crippen LogP contribution is 2.22. The van der Waals surface area contributed by atoms with Crippen molar-refractivity contribution in [2.45, 2.75) is 52.7 Å². The molecule has 0 radical (unpaired) electrons. The fraction of sp³-hybridized carbons (Fsp3) is 0.600. The van der Waals surface area contributed by atoms with Crippen molar-refractivity contribution in [3.8, 4) is 0 Å². The third kappa shape index (κ3) is 3.86. The van der Waals surface area contributed by atoms with Gasteiger partial charge in [-0.2, -0.15) is 10.2 Å². The minimum Gasteiger partial charge on any atom is -0.306 e. The van der Waals surface area contributed by atoms with Gasteiger partial charge in [0.15, 0.2) is 0 Å². The van der Waals surface area contributed by atoms with Crippen LogP contribution < -0.4 is 5.32 Å². The monoisotopic (exact) mass is 309 g/mol. The van der Waals surface area contributed by atoms with E-state index >= 15 is 0 Å². The van der Waals surface area contributed by atoms with Gasteiger partial charge in [0, 0.05) is 25.3 Å². The molecule has 2 heterocycles. The molecular formula is C15H24ClN5. The molecule has 0 spiro atoms. The second-order valence-electron chi connectivity index (χ2n) is 6.27. The Morgan fingerprint density at radius 1 is 1.33 bits per heavy atom. The molecule has 0 aliphatic rings. The molecule has 0 aliphatic heterocycles. The second kappa shape index (κ2) is 6.20. The summed E-state index contributed by atoms with van der Waals surface area (Å²) in [5.74, 6) is 0. The number of hydrogen-bond donors (Lipinski definition) is 1. The van der Waals surface area contributed by atoms with Gasteiger partial charge in [-0.25, -0.2) is 0 Å². The predicted molar refractivity (Wildman–Crippen MR) is 85.5 cm³/mol. The smallest absolute Gasteiger partial charge is 0.0869 e. The first kappa shape index (κ1) is 16.0. The first-order valence-electron chi connectivity index (χ1n) is 7.27. The van der Waals surface area contributed by atoms with Crippen LogP contribution in [-0.4, -0.2) is 25.1 Å². The van der Waals surface area contributed by atoms with Gasteiger partial charge in [-0.1, -0.05) is 18.5 Å². The van der Waals surface area contributed by atoms with Gasteiger partial charge < -0.3 is 5.32 Å². The molecule has 0 saturated heterocycles. The van der Waals surface area contributed by atoms with E-state index in [1.54, 1.807) is 0 Å². The van der Waals surface area contributed by atoms with Crippen molar-refractivity contribution in [3.05, 3.63) is 34.4 Å². The van der Waals surface area contributed by atoms with E-state index in [2.05, 4.69) is 43.2 Å². The van der Waals surface area contributed by atoms with Crippen LogP contribution >= 0.6 is 11.6 Å². The average molecular weight is 310 g/mol. The fourth-order valence-corrected chi connectivity index (χ4v) is 2.50. The van der Waals surface area contributed by atoms with Crippen LogP contribution in [0, 0.1) is 0 Å². The van der Waals surface area contributed by atoms with Gasteiger partial charge in [0.1, 0.15) is 0 Å². The SMILES string of the molecule is CCc1nn(C)c(Cn2nccc2CNC(C)(C)C)c1Cl. The van der Waals surface area contributed by atoms with Gasteiger partial charge in [0.05, 0.1) is 28.6 Å². The average Bonchev–Trinajstić information content (AvgIpc) is 2.95. The zero-order valence-electron chi connectivity index (χ0n) is 13.4. The van der Waals surface area contributed by atoms with Crippen LogP contribution in [0.4, 0.5) is 0 Å². The number of rotatable bonds is 5. The first-order chi connectivity index (χ1) is 9.81. The topological polar surface area (TPSA) is 47.7 Å². The second-order valence-corrected chi connectivity index (χ2v) is 6.65. The Kier molecular flexibility index (Phi) is 4.74. The summed E-state index contributed by atoms with van der Waals surface area (Å²) in [7, 11) is 1.93. The number of halogens is 1. The molecule has 5 nitrogen and oxygen atoms in total. The van der Waals surface area contributed by atoms with Gasteiger partial charge in [0.2, 0.25) is 0 Å². The minimum atomic E-state index is 0.0780. The molecule has 0 bridgehead atoms. The summed E-state index contributed by atoms with van der Waals surface area (Å²) in [6, 6.07) is 2.03. The van der Waals surface area contributed by atoms with E-state index in [4.69, 9.17) is 11.6 Å². The molecular weight excluding hydrogens is 286 g/mol. The highest BCUT2D eigenvalue weighted by atomic mass is 35.5. The van der Waals surface area contributed by atoms with E-state index in [0.29, 0.717) is 6.54 Å². The molecule has 0 aliphatic carbocycles. The summed E-state index contributed by atoms with van der Waals surface area (Å²) >= 11 is 6.41. The summed E-state index contributed by atoms with van der Waals surface area (Å²) in [6.07, 6.45) is 2.66. The molecule has 2 aromatic heterocycles. The van der Waals surface area contributed by atoms with Crippen molar-refractivity contribution >= 4 is 11.6 Å². The van der Waals surface area contributed by atoms with Crippen LogP contribution in [0.2, 0.25) is 5.02 Å². The lowest BCUT2D eigenvalue weighted by atomic mass is 10.1. The lowest BCUT2D eigenvalue weighted by molar-refractivity contribution is 0.413. The van der Waals surface area contributed by atoms with Gasteiger partial charge in [-0.15, -0.1) is 0 Å². The Labute approximate surface area is 131 Å². The molecule has 0 saturated carbocycles. The van der Waals surface area contributed by atoms with E-state index < -0.39 is 0 Å². The van der Waals surface area contributed by atoms with Crippen LogP contribution in [0.25, 0.3) is 0 Å². The Balaban J connectivity index is 2.18. The highest BCUT2D eigenvalue weighted by molar-refractivity contribution is 6.31. The van der Waals surface area contributed by atoms with Crippen LogP contribution in [0.5, 0.6) is 0 Å². The number of aromatic nitrogens is 4. The zero-order chi connectivity index (χ0) is 15.6. The minimum absolute atomic E-state index is 0.0780. The van der Waals surface area contributed by atoms with Crippen molar-refractivity contribution in [1.82, 2.24) is 24.9 Å². The van der Waals surface area contributed by atoms with Crippen LogP contribution in [0.3, 0.4) is 0 Å². The number of nitrogens with one attached hydrogen (secondary N) is 1. The zero-order valence-corrected chi connectivity index (χ0v) is 14.2. The van der Waals surface area contributed by atoms with E-state index in [0.717, 1.165) is 35.1 Å². The van der Waals surface area contributed by atoms with Crippen molar-refractivity contribution in [3.63, 3.8) is 0 Å². The van der Waals surface area contributed by atoms with E-state index in [1.165, 1.54) is 0 Å². The van der Waals surface area contributed by atoms with E-state index in [9.17, 15) is 0 Å². The standard InChI is InChI=1S/C15H24ClN5/c1-6-12-14(16)13(20(5)19-12)10-21-11(7-8-18-21)9-17-15(2,3)4/h7-8,17H,6,9-10H2,1-5H3. The van der Waals surface area contributed by atoms with Gasteiger partial charge in [0.25, 0.3) is 0 Å². The third-order valence-corrected chi connectivity index (χ3v) is 3.84. The van der Waals surface area contributed by atoms with Crippen molar-refractivity contribution in [1.29, 1.82) is 0 Å². The van der Waals surface area contributed by atoms with Gasteiger partial charge >= 0.3 is 0 Å². The molecule has 116 valence electrons. The Morgan fingerprint density at radius 3 is 2.62 bits per heavy atom. The number of hydrogen-bond acceptors (Lipinski definition) is 3. The molecule has 6 heteroatoms. The molecule has 21 heavy (non-hydrogen) atoms. The first-order valence-corrected chi connectivity index (χ1v) is 7.65. The summed E-state index contributed by atoms with van der Waals surface area (Å²) < 4.78 is 3.82. The van der Waals surface area contributed by atoms with E-state index in [1.807, 2.05) is 28.7 Å². The molecule has 2 aromatic rings. The van der Waals surface area contributed by atoms with Crippen LogP contribution in [0.15, 0.2) is 12.3 Å². The lowest BCUT2D eigenvalue weighted by Crippen LogP contribution is -2.35. The maximum Gasteiger partial charge on any atom is 0.0869 e. The highest BCUT2D eigenvalue weighted by Gasteiger charge is 2.16. The summed E-state index contributed by atoms with van der Waals surface area (Å²) in [4.78, 5) is 0. The van der Waals surface area contributed by atoms with Crippen molar-refractivity contribution < 1.29 is 0 Å². The largest absolute Gasteiger partial charge is 0.306 e. The van der Waals surface area contributed by atoms with Crippen molar-refractivity contribution in [2.75, 3.05) is 0 Å². The Hall–Kier alpha value is -1.33. The third-order valence-electron chi connectivity index (χ3n) is 3.41. The van der Waals surface area contributed by atoms with E-state index in [-0.39, 0.29) is 5.54 Å². The molecule has 2 rings (SSSR count). The van der Waals surface area contributed by atoms with Crippen molar-refractivity contribution in [2.24, 2.45) is 7.05 Å². The maximum absolute atomic E-state index is 6.41. The molecule has 0 fully saturated rings. The Bertz CT molecular complexity index is 606. The lowest BCUT2D eigenvalue weighted by Gasteiger charge is -2.20. The molecule has 0 amide bonds. The van der Waals surface area contributed by atoms with Crippen LogP contribution in [0.1, 0.15) is 44.8 Å². The summed E-state index contributed by atoms with van der Waals surface area (Å²) in [5, 5.41) is 13.1. The summed E-state index contributed by atoms with van der Waals surface area (Å²) in [6.45, 7) is 9.93. The number of nitrogens with zero attached hydrogens (tertiary/aromatic N) is 4. The van der Waals surface area contributed by atoms with Crippen LogP contribution in [-0.2, 0) is 26.6 Å². The molecule has 0 aromatic carbocycles. The summed E-state index contributed by atoms with van der Waals surface area (Å²) in [5.41, 5.74) is 3.15. The predicted octanol–water partition coefficient (Wildman–Crippen LogP) is 2.77. The number of aryl methyl sites for hydroxylation is 2. The van der Waals surface area contributed by atoms with Gasteiger partial charge in [-0.3, -0.25) is 9.36 Å². The molecule has 1 N–H and O–H groups in total. The molecule has 0 atom stereocenters.